The Morgan fingerprint density at radius 1 is 1.35 bits per heavy atom. The predicted molar refractivity (Wildman–Crippen MR) is 89.0 cm³/mol. The number of piperidine rings is 1. The van der Waals surface area contributed by atoms with E-state index >= 15 is 0 Å². The van der Waals surface area contributed by atoms with Crippen LogP contribution in [0.25, 0.3) is 0 Å². The van der Waals surface area contributed by atoms with E-state index in [1.165, 1.54) is 5.56 Å². The lowest BCUT2D eigenvalue weighted by atomic mass is 9.79. The zero-order valence-corrected chi connectivity index (χ0v) is 14.1. The number of carbonyl (C=O) groups is 1. The van der Waals surface area contributed by atoms with Crippen LogP contribution in [0.15, 0.2) is 24.5 Å². The molecule has 0 radical (unpaired) electrons. The van der Waals surface area contributed by atoms with Crippen molar-refractivity contribution in [3.05, 3.63) is 30.1 Å². The number of hydrogen-bond donors (Lipinski definition) is 1. The van der Waals surface area contributed by atoms with Crippen LogP contribution in [0.3, 0.4) is 0 Å². The number of hydrogen-bond acceptors (Lipinski definition) is 4. The summed E-state index contributed by atoms with van der Waals surface area (Å²) < 4.78 is 5.64. The molecule has 2 unspecified atom stereocenters. The molecule has 2 fully saturated rings. The molecule has 3 rings (SSSR count). The Labute approximate surface area is 138 Å². The van der Waals surface area contributed by atoms with Crippen molar-refractivity contribution < 1.29 is 9.53 Å². The van der Waals surface area contributed by atoms with Gasteiger partial charge in [0.25, 0.3) is 0 Å². The number of aromatic nitrogens is 1. The maximum absolute atomic E-state index is 12.8. The van der Waals surface area contributed by atoms with Crippen LogP contribution in [-0.4, -0.2) is 55.2 Å². The van der Waals surface area contributed by atoms with Crippen molar-refractivity contribution in [3.8, 4) is 0 Å². The van der Waals surface area contributed by atoms with Crippen LogP contribution in [0.4, 0.5) is 0 Å². The number of ether oxygens (including phenoxy) is 1. The summed E-state index contributed by atoms with van der Waals surface area (Å²) in [7, 11) is 2.12. The second-order valence-corrected chi connectivity index (χ2v) is 7.30. The monoisotopic (exact) mass is 317 g/mol. The van der Waals surface area contributed by atoms with Gasteiger partial charge in [0.05, 0.1) is 19.3 Å². The van der Waals surface area contributed by atoms with Crippen LogP contribution >= 0.6 is 0 Å². The fourth-order valence-electron chi connectivity index (χ4n) is 3.46. The number of nitrogens with zero attached hydrogens (tertiary/aromatic N) is 2. The number of carbonyl (C=O) groups excluding carboxylic acids is 1. The number of amides is 1. The average molecular weight is 317 g/mol. The molecule has 2 aliphatic heterocycles. The molecule has 5 heteroatoms. The van der Waals surface area contributed by atoms with Gasteiger partial charge in [-0.1, -0.05) is 6.92 Å². The van der Waals surface area contributed by atoms with E-state index in [4.69, 9.17) is 4.74 Å². The molecule has 0 aromatic carbocycles. The summed E-state index contributed by atoms with van der Waals surface area (Å²) in [6.45, 7) is 5.42. The topological polar surface area (TPSA) is 54.5 Å². The van der Waals surface area contributed by atoms with Gasteiger partial charge < -0.3 is 15.0 Å². The van der Waals surface area contributed by atoms with E-state index < -0.39 is 0 Å². The van der Waals surface area contributed by atoms with Gasteiger partial charge in [-0.05, 0) is 57.1 Å². The molecule has 2 aliphatic rings. The second kappa shape index (κ2) is 6.97. The van der Waals surface area contributed by atoms with E-state index in [9.17, 15) is 4.79 Å². The molecule has 0 bridgehead atoms. The SMILES string of the molecule is CN1CCC(C)(C(=O)NC2COCC2Cc2ccncc2)CC1. The van der Waals surface area contributed by atoms with Crippen molar-refractivity contribution in [1.29, 1.82) is 0 Å². The lowest BCUT2D eigenvalue weighted by Gasteiger charge is -2.37. The van der Waals surface area contributed by atoms with Crippen LogP contribution in [0.1, 0.15) is 25.3 Å². The lowest BCUT2D eigenvalue weighted by molar-refractivity contribution is -0.133. The summed E-state index contributed by atoms with van der Waals surface area (Å²) in [5.74, 6) is 0.539. The van der Waals surface area contributed by atoms with Crippen LogP contribution in [0.5, 0.6) is 0 Å². The van der Waals surface area contributed by atoms with Gasteiger partial charge in [0.1, 0.15) is 0 Å². The van der Waals surface area contributed by atoms with E-state index in [-0.39, 0.29) is 17.4 Å². The molecule has 3 heterocycles. The fraction of sp³-hybridized carbons (Fsp3) is 0.667. The molecule has 23 heavy (non-hydrogen) atoms. The van der Waals surface area contributed by atoms with E-state index in [2.05, 4.69) is 29.2 Å². The summed E-state index contributed by atoms with van der Waals surface area (Å²) >= 11 is 0. The van der Waals surface area contributed by atoms with Gasteiger partial charge in [0.2, 0.25) is 5.91 Å². The molecule has 0 aliphatic carbocycles. The average Bonchev–Trinajstić information content (AvgIpc) is 2.98. The lowest BCUT2D eigenvalue weighted by Crippen LogP contribution is -2.51. The van der Waals surface area contributed by atoms with Gasteiger partial charge in [-0.3, -0.25) is 9.78 Å². The maximum atomic E-state index is 12.8. The molecule has 1 N–H and O–H groups in total. The first-order valence-corrected chi connectivity index (χ1v) is 8.53. The van der Waals surface area contributed by atoms with E-state index in [1.807, 2.05) is 24.5 Å². The third-order valence-electron chi connectivity index (χ3n) is 5.40. The first kappa shape index (κ1) is 16.4. The first-order valence-electron chi connectivity index (χ1n) is 8.53. The fourth-order valence-corrected chi connectivity index (χ4v) is 3.46. The maximum Gasteiger partial charge on any atom is 0.226 e. The van der Waals surface area contributed by atoms with Gasteiger partial charge in [-0.2, -0.15) is 0 Å². The Bertz CT molecular complexity index is 526. The van der Waals surface area contributed by atoms with Gasteiger partial charge in [-0.25, -0.2) is 0 Å². The Hall–Kier alpha value is -1.46. The summed E-state index contributed by atoms with van der Waals surface area (Å²) in [5.41, 5.74) is 1.01. The molecule has 1 aromatic heterocycles. The highest BCUT2D eigenvalue weighted by molar-refractivity contribution is 5.82. The summed E-state index contributed by atoms with van der Waals surface area (Å²) in [6, 6.07) is 4.19. The van der Waals surface area contributed by atoms with Crippen LogP contribution in [-0.2, 0) is 16.0 Å². The Morgan fingerprint density at radius 2 is 2.04 bits per heavy atom. The predicted octanol–water partition coefficient (Wildman–Crippen LogP) is 1.49. The van der Waals surface area contributed by atoms with E-state index in [0.29, 0.717) is 19.1 Å². The first-order chi connectivity index (χ1) is 11.1. The number of likely N-dealkylation sites (tertiary alicyclic amines) is 1. The van der Waals surface area contributed by atoms with Crippen molar-refractivity contribution in [2.45, 2.75) is 32.2 Å². The van der Waals surface area contributed by atoms with Crippen molar-refractivity contribution >= 4 is 5.91 Å². The zero-order chi connectivity index (χ0) is 16.3. The zero-order valence-electron chi connectivity index (χ0n) is 14.1. The minimum atomic E-state index is -0.240. The molecule has 1 amide bonds. The van der Waals surface area contributed by atoms with Crippen molar-refractivity contribution in [3.63, 3.8) is 0 Å². The molecule has 1 aromatic rings. The van der Waals surface area contributed by atoms with Gasteiger partial charge in [0, 0.05) is 23.7 Å². The molecule has 0 spiro atoms. The Kier molecular flexibility index (Phi) is 4.97. The van der Waals surface area contributed by atoms with Crippen molar-refractivity contribution in [2.24, 2.45) is 11.3 Å². The minimum absolute atomic E-state index is 0.118. The Balaban J connectivity index is 1.59. The van der Waals surface area contributed by atoms with Crippen LogP contribution in [0, 0.1) is 11.3 Å². The summed E-state index contributed by atoms with van der Waals surface area (Å²) in [6.07, 6.45) is 6.42. The molecule has 2 saturated heterocycles. The third-order valence-corrected chi connectivity index (χ3v) is 5.40. The highest BCUT2D eigenvalue weighted by Crippen LogP contribution is 2.31. The minimum Gasteiger partial charge on any atom is -0.379 e. The largest absolute Gasteiger partial charge is 0.379 e. The quantitative estimate of drug-likeness (QED) is 0.914. The summed E-state index contributed by atoms with van der Waals surface area (Å²) in [4.78, 5) is 19.1. The number of pyridine rings is 1. The number of nitrogens with one attached hydrogen (secondary N) is 1. The van der Waals surface area contributed by atoms with Crippen LogP contribution in [0.2, 0.25) is 0 Å². The molecular weight excluding hydrogens is 290 g/mol. The molecular formula is C18H27N3O2. The van der Waals surface area contributed by atoms with Crippen molar-refractivity contribution in [1.82, 2.24) is 15.2 Å². The third kappa shape index (κ3) is 3.90. The van der Waals surface area contributed by atoms with Gasteiger partial charge in [-0.15, -0.1) is 0 Å². The highest BCUT2D eigenvalue weighted by Gasteiger charge is 2.39. The highest BCUT2D eigenvalue weighted by atomic mass is 16.5. The Morgan fingerprint density at radius 3 is 2.74 bits per heavy atom. The van der Waals surface area contributed by atoms with Gasteiger partial charge >= 0.3 is 0 Å². The van der Waals surface area contributed by atoms with E-state index in [0.717, 1.165) is 32.4 Å². The second-order valence-electron chi connectivity index (χ2n) is 7.30. The molecule has 0 saturated carbocycles. The normalized spacial score (nSPS) is 27.7. The standard InChI is InChI=1S/C18H27N3O2/c1-18(5-9-21(2)10-6-18)17(22)20-16-13-23-12-15(16)11-14-3-7-19-8-4-14/h3-4,7-8,15-16H,5-6,9-13H2,1-2H3,(H,20,22). The van der Waals surface area contributed by atoms with Crippen molar-refractivity contribution in [2.75, 3.05) is 33.4 Å². The molecule has 5 nitrogen and oxygen atoms in total. The van der Waals surface area contributed by atoms with Crippen LogP contribution < -0.4 is 5.32 Å². The summed E-state index contributed by atoms with van der Waals surface area (Å²) in [5, 5.41) is 3.28. The number of rotatable bonds is 4. The molecule has 2 atom stereocenters. The van der Waals surface area contributed by atoms with Gasteiger partial charge in [0.15, 0.2) is 0 Å². The van der Waals surface area contributed by atoms with E-state index in [1.54, 1.807) is 0 Å². The molecule has 126 valence electrons. The smallest absolute Gasteiger partial charge is 0.226 e.